The predicted molar refractivity (Wildman–Crippen MR) is 123 cm³/mol. The molecule has 0 N–H and O–H groups in total. The normalized spacial score (nSPS) is 11.1. The van der Waals surface area contributed by atoms with E-state index < -0.39 is 5.76 Å². The summed E-state index contributed by atoms with van der Waals surface area (Å²) in [5, 5.41) is 10.1. The lowest BCUT2D eigenvalue weighted by Gasteiger charge is -2.13. The van der Waals surface area contributed by atoms with Gasteiger partial charge in [0.05, 0.1) is 33.7 Å². The van der Waals surface area contributed by atoms with E-state index in [2.05, 4.69) is 6.07 Å². The highest BCUT2D eigenvalue weighted by Gasteiger charge is 2.14. The number of rotatable bonds is 5. The first-order valence-electron chi connectivity index (χ1n) is 9.89. The van der Waals surface area contributed by atoms with Crippen molar-refractivity contribution in [2.45, 2.75) is 11.7 Å². The van der Waals surface area contributed by atoms with E-state index in [0.717, 1.165) is 5.52 Å². The monoisotopic (exact) mass is 440 g/mol. The van der Waals surface area contributed by atoms with Crippen LogP contribution in [0, 0.1) is 11.3 Å². The summed E-state index contributed by atoms with van der Waals surface area (Å²) in [6, 6.07) is 23.3. The highest BCUT2D eigenvalue weighted by Crippen LogP contribution is 2.22. The van der Waals surface area contributed by atoms with Crippen molar-refractivity contribution in [1.82, 2.24) is 14.1 Å². The van der Waals surface area contributed by atoms with Gasteiger partial charge >= 0.3 is 5.76 Å². The summed E-state index contributed by atoms with van der Waals surface area (Å²) in [7, 11) is 0. The molecule has 0 fully saturated rings. The Hall–Kier alpha value is -4.09. The van der Waals surface area contributed by atoms with Gasteiger partial charge in [-0.2, -0.15) is 5.26 Å². The second-order valence-electron chi connectivity index (χ2n) is 7.05. The van der Waals surface area contributed by atoms with Crippen LogP contribution in [0.1, 0.15) is 5.56 Å². The second kappa shape index (κ2) is 8.21. The summed E-state index contributed by atoms with van der Waals surface area (Å²) < 4.78 is 8.42. The topological polar surface area (TPSA) is 93.8 Å². The van der Waals surface area contributed by atoms with Crippen LogP contribution in [-0.4, -0.2) is 19.9 Å². The summed E-state index contributed by atoms with van der Waals surface area (Å²) in [6.45, 7) is 0.399. The smallest absolute Gasteiger partial charge is 0.408 e. The maximum absolute atomic E-state index is 13.3. The average molecular weight is 440 g/mol. The summed E-state index contributed by atoms with van der Waals surface area (Å²) in [4.78, 5) is 30.3. The number of aromatic nitrogens is 3. The maximum Gasteiger partial charge on any atom is 0.419 e. The molecule has 5 aromatic rings. The molecule has 0 saturated heterocycles. The van der Waals surface area contributed by atoms with E-state index >= 15 is 0 Å². The van der Waals surface area contributed by atoms with E-state index in [1.54, 1.807) is 57.7 Å². The summed E-state index contributed by atoms with van der Waals surface area (Å²) in [5.41, 5.74) is 2.83. The van der Waals surface area contributed by atoms with Crippen LogP contribution in [0.4, 0.5) is 0 Å². The van der Waals surface area contributed by atoms with Crippen molar-refractivity contribution in [2.75, 3.05) is 5.75 Å². The largest absolute Gasteiger partial charge is 0.419 e. The van der Waals surface area contributed by atoms with Crippen molar-refractivity contribution in [1.29, 1.82) is 5.26 Å². The van der Waals surface area contributed by atoms with Crippen molar-refractivity contribution < 1.29 is 4.42 Å². The van der Waals surface area contributed by atoms with Gasteiger partial charge in [-0.05, 0) is 48.5 Å². The Morgan fingerprint density at radius 1 is 0.969 bits per heavy atom. The number of oxazole rings is 1. The van der Waals surface area contributed by atoms with Gasteiger partial charge in [-0.25, -0.2) is 9.78 Å². The molecule has 32 heavy (non-hydrogen) atoms. The van der Waals surface area contributed by atoms with E-state index in [1.807, 2.05) is 24.3 Å². The number of benzene rings is 3. The fraction of sp³-hybridized carbons (Fsp3) is 0.0833. The number of nitrogens with zero attached hydrogens (tertiary/aromatic N) is 4. The number of hydrogen-bond donors (Lipinski definition) is 0. The molecule has 5 rings (SSSR count). The third-order valence-corrected chi connectivity index (χ3v) is 6.04. The number of nitriles is 1. The lowest BCUT2D eigenvalue weighted by atomic mass is 10.2. The fourth-order valence-corrected chi connectivity index (χ4v) is 4.51. The minimum absolute atomic E-state index is 0.186. The zero-order valence-electron chi connectivity index (χ0n) is 16.8. The molecule has 0 unspecified atom stereocenters. The lowest BCUT2D eigenvalue weighted by molar-refractivity contribution is 0.514. The molecule has 0 radical (unpaired) electrons. The molecule has 3 aromatic carbocycles. The predicted octanol–water partition coefficient (Wildman–Crippen LogP) is 3.96. The molecule has 0 atom stereocenters. The fourth-order valence-electron chi connectivity index (χ4n) is 3.58. The number of para-hydroxylation sites is 3. The third kappa shape index (κ3) is 3.49. The molecule has 8 heteroatoms. The van der Waals surface area contributed by atoms with Gasteiger partial charge in [0.15, 0.2) is 10.7 Å². The SMILES string of the molecule is N#Cc1ccc(-n2c(SCCn3c(=O)oc4ccccc43)nc3ccccc3c2=O)cc1. The van der Waals surface area contributed by atoms with Crippen molar-refractivity contribution in [2.24, 2.45) is 0 Å². The maximum atomic E-state index is 13.3. The van der Waals surface area contributed by atoms with Crippen LogP contribution in [0.2, 0.25) is 0 Å². The standard InChI is InChI=1S/C24H16N4O3S/c25-15-16-9-11-17(12-10-16)28-22(29)18-5-1-2-6-19(18)26-23(28)32-14-13-27-20-7-3-4-8-21(20)31-24(27)30/h1-12H,13-14H2. The Morgan fingerprint density at radius 2 is 1.72 bits per heavy atom. The molecule has 156 valence electrons. The quantitative estimate of drug-likeness (QED) is 0.303. The van der Waals surface area contributed by atoms with E-state index in [1.165, 1.54) is 11.8 Å². The Balaban J connectivity index is 1.53. The van der Waals surface area contributed by atoms with Crippen LogP contribution >= 0.6 is 11.8 Å². The summed E-state index contributed by atoms with van der Waals surface area (Å²) >= 11 is 1.38. The van der Waals surface area contributed by atoms with Crippen LogP contribution in [0.3, 0.4) is 0 Å². The number of thioether (sulfide) groups is 1. The van der Waals surface area contributed by atoms with Crippen molar-refractivity contribution in [3.63, 3.8) is 0 Å². The van der Waals surface area contributed by atoms with Gasteiger partial charge in [-0.15, -0.1) is 0 Å². The Labute approximate surface area is 186 Å². The van der Waals surface area contributed by atoms with Crippen molar-refractivity contribution in [3.05, 3.63) is 99.3 Å². The first kappa shape index (κ1) is 19.8. The zero-order chi connectivity index (χ0) is 22.1. The van der Waals surface area contributed by atoms with Crippen LogP contribution < -0.4 is 11.3 Å². The number of hydrogen-bond acceptors (Lipinski definition) is 6. The van der Waals surface area contributed by atoms with E-state index in [4.69, 9.17) is 14.7 Å². The Bertz CT molecular complexity index is 1610. The van der Waals surface area contributed by atoms with Gasteiger partial charge < -0.3 is 4.42 Å². The van der Waals surface area contributed by atoms with E-state index in [-0.39, 0.29) is 5.56 Å². The molecule has 0 bridgehead atoms. The third-order valence-electron chi connectivity index (χ3n) is 5.12. The number of fused-ring (bicyclic) bond motifs is 2. The molecule has 2 heterocycles. The van der Waals surface area contributed by atoms with E-state index in [9.17, 15) is 9.59 Å². The molecule has 0 aliphatic heterocycles. The van der Waals surface area contributed by atoms with Crippen molar-refractivity contribution >= 4 is 33.8 Å². The van der Waals surface area contributed by atoms with E-state index in [0.29, 0.717) is 45.2 Å². The number of aryl methyl sites for hydroxylation is 1. The molecular weight excluding hydrogens is 424 g/mol. The average Bonchev–Trinajstić information content (AvgIpc) is 3.14. The molecule has 0 saturated carbocycles. The Morgan fingerprint density at radius 3 is 2.53 bits per heavy atom. The molecule has 0 aliphatic rings. The first-order valence-corrected chi connectivity index (χ1v) is 10.9. The molecule has 0 amide bonds. The van der Waals surface area contributed by atoms with Crippen LogP contribution in [-0.2, 0) is 6.54 Å². The van der Waals surface area contributed by atoms with Gasteiger partial charge in [0.1, 0.15) is 0 Å². The van der Waals surface area contributed by atoms with Crippen LogP contribution in [0.25, 0.3) is 27.7 Å². The van der Waals surface area contributed by atoms with Crippen molar-refractivity contribution in [3.8, 4) is 11.8 Å². The van der Waals surface area contributed by atoms with Gasteiger partial charge in [-0.1, -0.05) is 36.0 Å². The first-order chi connectivity index (χ1) is 15.7. The molecule has 0 spiro atoms. The Kier molecular flexibility index (Phi) is 5.09. The van der Waals surface area contributed by atoms with Gasteiger partial charge in [-0.3, -0.25) is 13.9 Å². The molecule has 0 aliphatic carbocycles. The van der Waals surface area contributed by atoms with Crippen LogP contribution in [0.5, 0.6) is 0 Å². The summed E-state index contributed by atoms with van der Waals surface area (Å²) in [6.07, 6.45) is 0. The van der Waals surface area contributed by atoms with Crippen LogP contribution in [0.15, 0.2) is 92.0 Å². The van der Waals surface area contributed by atoms with Gasteiger partial charge in [0, 0.05) is 12.3 Å². The minimum atomic E-state index is -0.414. The zero-order valence-corrected chi connectivity index (χ0v) is 17.6. The lowest BCUT2D eigenvalue weighted by Crippen LogP contribution is -2.22. The highest BCUT2D eigenvalue weighted by atomic mass is 32.2. The second-order valence-corrected chi connectivity index (χ2v) is 8.11. The molecule has 7 nitrogen and oxygen atoms in total. The summed E-state index contributed by atoms with van der Waals surface area (Å²) in [5.74, 6) is 0.0903. The van der Waals surface area contributed by atoms with Gasteiger partial charge in [0.2, 0.25) is 0 Å². The minimum Gasteiger partial charge on any atom is -0.408 e. The molecule has 2 aromatic heterocycles. The highest BCUT2D eigenvalue weighted by molar-refractivity contribution is 7.99. The van der Waals surface area contributed by atoms with Gasteiger partial charge in [0.25, 0.3) is 5.56 Å². The molecular formula is C24H16N4O3S.